The van der Waals surface area contributed by atoms with E-state index in [9.17, 15) is 4.79 Å². The van der Waals surface area contributed by atoms with E-state index in [-0.39, 0.29) is 17.9 Å². The highest BCUT2D eigenvalue weighted by Crippen LogP contribution is 2.24. The molecule has 174 valence electrons. The zero-order valence-corrected chi connectivity index (χ0v) is 20.5. The number of halogens is 1. The Bertz CT molecular complexity index is 1060. The van der Waals surface area contributed by atoms with Crippen molar-refractivity contribution in [3.63, 3.8) is 0 Å². The third-order valence-corrected chi connectivity index (χ3v) is 6.41. The van der Waals surface area contributed by atoms with Crippen molar-refractivity contribution in [1.82, 2.24) is 20.4 Å². The summed E-state index contributed by atoms with van der Waals surface area (Å²) in [4.78, 5) is 19.6. The second kappa shape index (κ2) is 10.9. The van der Waals surface area contributed by atoms with E-state index in [0.717, 1.165) is 47.3 Å². The Morgan fingerprint density at radius 1 is 1.24 bits per heavy atom. The number of aromatic nitrogens is 2. The molecule has 1 aliphatic heterocycles. The van der Waals surface area contributed by atoms with E-state index >= 15 is 0 Å². The normalized spacial score (nSPS) is 15.8. The molecule has 1 saturated heterocycles. The van der Waals surface area contributed by atoms with Crippen LogP contribution in [0.2, 0.25) is 0 Å². The van der Waals surface area contributed by atoms with E-state index in [2.05, 4.69) is 36.3 Å². The summed E-state index contributed by atoms with van der Waals surface area (Å²) in [7, 11) is 0. The van der Waals surface area contributed by atoms with E-state index in [1.165, 1.54) is 0 Å². The number of carbonyl (C=O) groups excluding carboxylic acids is 1. The lowest BCUT2D eigenvalue weighted by Crippen LogP contribution is -2.40. The van der Waals surface area contributed by atoms with Crippen molar-refractivity contribution in [2.75, 3.05) is 19.7 Å². The third-order valence-electron chi connectivity index (χ3n) is 5.92. The van der Waals surface area contributed by atoms with Gasteiger partial charge in [-0.3, -0.25) is 9.69 Å². The first-order chi connectivity index (χ1) is 16.0. The maximum atomic E-state index is 12.8. The monoisotopic (exact) mass is 512 g/mol. The molecule has 33 heavy (non-hydrogen) atoms. The lowest BCUT2D eigenvalue weighted by molar-refractivity contribution is -0.127. The van der Waals surface area contributed by atoms with Gasteiger partial charge in [0.05, 0.1) is 19.2 Å². The minimum Gasteiger partial charge on any atom is -0.494 e. The van der Waals surface area contributed by atoms with Gasteiger partial charge < -0.3 is 14.6 Å². The molecule has 4 rings (SSSR count). The Morgan fingerprint density at radius 3 is 2.70 bits per heavy atom. The van der Waals surface area contributed by atoms with Gasteiger partial charge in [-0.2, -0.15) is 4.98 Å². The molecule has 1 unspecified atom stereocenters. The lowest BCUT2D eigenvalue weighted by atomic mass is 9.95. The van der Waals surface area contributed by atoms with Gasteiger partial charge in [-0.05, 0) is 69.6 Å². The van der Waals surface area contributed by atoms with E-state index in [4.69, 9.17) is 9.26 Å². The summed E-state index contributed by atoms with van der Waals surface area (Å²) in [6.45, 7) is 6.86. The van der Waals surface area contributed by atoms with Crippen LogP contribution in [0, 0.1) is 5.92 Å². The number of nitrogens with one attached hydrogen (secondary N) is 1. The molecular weight excluding hydrogens is 484 g/mol. The lowest BCUT2D eigenvalue weighted by Gasteiger charge is -2.30. The molecule has 1 fully saturated rings. The second-order valence-electron chi connectivity index (χ2n) is 8.30. The van der Waals surface area contributed by atoms with Gasteiger partial charge in [0, 0.05) is 16.0 Å². The first-order valence-electron chi connectivity index (χ1n) is 11.4. The molecule has 0 bridgehead atoms. The van der Waals surface area contributed by atoms with E-state index in [1.807, 2.05) is 62.4 Å². The summed E-state index contributed by atoms with van der Waals surface area (Å²) in [5, 5.41) is 7.27. The molecule has 1 aliphatic rings. The van der Waals surface area contributed by atoms with Crippen LogP contribution in [0.3, 0.4) is 0 Å². The van der Waals surface area contributed by atoms with Gasteiger partial charge in [-0.25, -0.2) is 0 Å². The first-order valence-corrected chi connectivity index (χ1v) is 12.1. The molecule has 1 amide bonds. The van der Waals surface area contributed by atoms with Crippen LogP contribution in [0.5, 0.6) is 5.75 Å². The van der Waals surface area contributed by atoms with Crippen molar-refractivity contribution in [1.29, 1.82) is 0 Å². The van der Waals surface area contributed by atoms with Crippen LogP contribution in [0.15, 0.2) is 57.5 Å². The molecule has 8 heteroatoms. The molecule has 1 aromatic heterocycles. The van der Waals surface area contributed by atoms with Crippen LogP contribution < -0.4 is 10.1 Å². The topological polar surface area (TPSA) is 80.5 Å². The van der Waals surface area contributed by atoms with Gasteiger partial charge in [0.15, 0.2) is 0 Å². The van der Waals surface area contributed by atoms with Crippen LogP contribution in [-0.2, 0) is 11.3 Å². The van der Waals surface area contributed by atoms with Gasteiger partial charge in [0.1, 0.15) is 5.75 Å². The maximum absolute atomic E-state index is 12.8. The molecule has 2 aromatic carbocycles. The smallest absolute Gasteiger partial charge is 0.241 e. The minimum absolute atomic E-state index is 0.0197. The van der Waals surface area contributed by atoms with Gasteiger partial charge in [-0.15, -0.1) is 0 Å². The van der Waals surface area contributed by atoms with Crippen molar-refractivity contribution in [2.45, 2.75) is 39.3 Å². The summed E-state index contributed by atoms with van der Waals surface area (Å²) in [6.07, 6.45) is 1.63. The quantitative estimate of drug-likeness (QED) is 0.458. The van der Waals surface area contributed by atoms with Gasteiger partial charge in [-0.1, -0.05) is 45.4 Å². The van der Waals surface area contributed by atoms with Crippen molar-refractivity contribution in [3.8, 4) is 17.1 Å². The second-order valence-corrected chi connectivity index (χ2v) is 9.22. The molecule has 0 radical (unpaired) electrons. The van der Waals surface area contributed by atoms with Crippen LogP contribution in [-0.4, -0.2) is 40.6 Å². The Balaban J connectivity index is 1.25. The van der Waals surface area contributed by atoms with E-state index in [1.54, 1.807) is 0 Å². The van der Waals surface area contributed by atoms with Crippen molar-refractivity contribution < 1.29 is 14.1 Å². The molecule has 1 atom stereocenters. The molecule has 7 nitrogen and oxygen atoms in total. The fraction of sp³-hybridized carbons (Fsp3) is 0.400. The standard InChI is InChI=1S/C25H29BrN4O3/c1-3-32-22-9-7-18(8-10-22)17(2)27-25(31)19-11-13-30(14-12-19)16-23-28-24(29-33-23)20-5-4-6-21(26)15-20/h4-10,15,17,19H,3,11-14,16H2,1-2H3,(H,27,31). The minimum atomic E-state index is -0.0407. The van der Waals surface area contributed by atoms with Crippen LogP contribution in [0.4, 0.5) is 0 Å². The Hall–Kier alpha value is -2.71. The predicted octanol–water partition coefficient (Wildman–Crippen LogP) is 4.99. The predicted molar refractivity (Wildman–Crippen MR) is 130 cm³/mol. The Morgan fingerprint density at radius 2 is 2.00 bits per heavy atom. The van der Waals surface area contributed by atoms with Gasteiger partial charge in [0.25, 0.3) is 0 Å². The number of nitrogens with zero attached hydrogens (tertiary/aromatic N) is 3. The molecule has 2 heterocycles. The number of hydrogen-bond acceptors (Lipinski definition) is 6. The van der Waals surface area contributed by atoms with Gasteiger partial charge in [0.2, 0.25) is 17.6 Å². The van der Waals surface area contributed by atoms with Crippen LogP contribution in [0.1, 0.15) is 44.2 Å². The molecule has 0 saturated carbocycles. The summed E-state index contributed by atoms with van der Waals surface area (Å²) < 4.78 is 11.9. The molecule has 1 N–H and O–H groups in total. The fourth-order valence-corrected chi connectivity index (χ4v) is 4.44. The van der Waals surface area contributed by atoms with Gasteiger partial charge >= 0.3 is 0 Å². The van der Waals surface area contributed by atoms with E-state index < -0.39 is 0 Å². The zero-order valence-electron chi connectivity index (χ0n) is 19.0. The highest BCUT2D eigenvalue weighted by molar-refractivity contribution is 9.10. The number of hydrogen-bond donors (Lipinski definition) is 1. The number of benzene rings is 2. The number of rotatable bonds is 8. The molecule has 0 spiro atoms. The number of amides is 1. The van der Waals surface area contributed by atoms with Crippen LogP contribution in [0.25, 0.3) is 11.4 Å². The summed E-state index contributed by atoms with van der Waals surface area (Å²) in [5.74, 6) is 2.16. The number of likely N-dealkylation sites (tertiary alicyclic amines) is 1. The highest BCUT2D eigenvalue weighted by Gasteiger charge is 2.27. The fourth-order valence-electron chi connectivity index (χ4n) is 4.04. The highest BCUT2D eigenvalue weighted by atomic mass is 79.9. The summed E-state index contributed by atoms with van der Waals surface area (Å²) in [5.41, 5.74) is 1.98. The molecular formula is C25H29BrN4O3. The number of ether oxygens (including phenoxy) is 1. The maximum Gasteiger partial charge on any atom is 0.241 e. The average Bonchev–Trinajstić information content (AvgIpc) is 3.29. The van der Waals surface area contributed by atoms with Crippen molar-refractivity contribution in [3.05, 3.63) is 64.5 Å². The van der Waals surface area contributed by atoms with E-state index in [0.29, 0.717) is 24.9 Å². The van der Waals surface area contributed by atoms with Crippen molar-refractivity contribution in [2.24, 2.45) is 5.92 Å². The summed E-state index contributed by atoms with van der Waals surface area (Å²) >= 11 is 3.47. The SMILES string of the molecule is CCOc1ccc(C(C)NC(=O)C2CCN(Cc3nc(-c4cccc(Br)c4)no3)CC2)cc1. The molecule has 0 aliphatic carbocycles. The van der Waals surface area contributed by atoms with Crippen LogP contribution >= 0.6 is 15.9 Å². The Kier molecular flexibility index (Phi) is 7.77. The largest absolute Gasteiger partial charge is 0.494 e. The number of carbonyl (C=O) groups is 1. The molecule has 3 aromatic rings. The first kappa shape index (κ1) is 23.4. The van der Waals surface area contributed by atoms with Crippen molar-refractivity contribution >= 4 is 21.8 Å². The zero-order chi connectivity index (χ0) is 23.2. The number of piperidine rings is 1. The summed E-state index contributed by atoms with van der Waals surface area (Å²) in [6, 6.07) is 15.7. The average molecular weight is 513 g/mol. The third kappa shape index (κ3) is 6.21. The Labute approximate surface area is 202 Å².